The van der Waals surface area contributed by atoms with Crippen molar-refractivity contribution < 1.29 is 4.52 Å². The molecule has 5 nitrogen and oxygen atoms in total. The minimum atomic E-state index is -0.327. The normalized spacial score (nSPS) is 12.6. The van der Waals surface area contributed by atoms with Crippen LogP contribution in [0.1, 0.15) is 30.7 Å². The van der Waals surface area contributed by atoms with Gasteiger partial charge in [0.05, 0.1) is 0 Å². The molecule has 0 amide bonds. The number of rotatable bonds is 5. The van der Waals surface area contributed by atoms with Gasteiger partial charge in [0.1, 0.15) is 6.04 Å². The topological polar surface area (TPSA) is 68.2 Å². The van der Waals surface area contributed by atoms with Crippen LogP contribution in [0.5, 0.6) is 0 Å². The fraction of sp³-hybridized carbons (Fsp3) is 0.455. The Bertz CT molecular complexity index is 450. The zero-order chi connectivity index (χ0) is 12.3. The van der Waals surface area contributed by atoms with E-state index in [1.165, 1.54) is 0 Å². The van der Waals surface area contributed by atoms with Crippen LogP contribution in [0.3, 0.4) is 0 Å². The second-order valence-electron chi connectivity index (χ2n) is 3.60. The number of nitrogens with zero attached hydrogens (tertiary/aromatic N) is 3. The summed E-state index contributed by atoms with van der Waals surface area (Å²) in [5, 5.41) is 5.94. The zero-order valence-corrected chi connectivity index (χ0v) is 10.8. The van der Waals surface area contributed by atoms with E-state index in [-0.39, 0.29) is 6.04 Å². The molecule has 6 heteroatoms. The molecule has 1 atom stereocenters. The second-order valence-corrected chi connectivity index (χ2v) is 4.58. The largest absolute Gasteiger partial charge is 0.339 e. The maximum atomic E-state index is 6.05. The molecule has 0 aliphatic rings. The van der Waals surface area contributed by atoms with Gasteiger partial charge in [0, 0.05) is 18.0 Å². The molecule has 0 spiro atoms. The summed E-state index contributed by atoms with van der Waals surface area (Å²) in [4.78, 5) is 7.39. The Hall–Kier alpha value is -1.40. The molecule has 2 rings (SSSR count). The van der Waals surface area contributed by atoms with Crippen LogP contribution >= 0.6 is 11.3 Å². The highest BCUT2D eigenvalue weighted by molar-refractivity contribution is 7.10. The SMILES string of the molecule is CCN(CC)c1noc(C(N)c2cccs2)n1. The van der Waals surface area contributed by atoms with Gasteiger partial charge in [-0.15, -0.1) is 11.3 Å². The first-order valence-corrected chi connectivity index (χ1v) is 6.51. The third-order valence-electron chi connectivity index (χ3n) is 2.59. The molecule has 0 aliphatic heterocycles. The third-order valence-corrected chi connectivity index (χ3v) is 3.55. The van der Waals surface area contributed by atoms with Gasteiger partial charge in [-0.05, 0) is 30.5 Å². The van der Waals surface area contributed by atoms with Crippen molar-refractivity contribution >= 4 is 17.3 Å². The van der Waals surface area contributed by atoms with Gasteiger partial charge in [0.15, 0.2) is 0 Å². The quantitative estimate of drug-likeness (QED) is 0.881. The van der Waals surface area contributed by atoms with Crippen molar-refractivity contribution in [1.29, 1.82) is 0 Å². The molecule has 0 aromatic carbocycles. The maximum Gasteiger partial charge on any atom is 0.266 e. The van der Waals surface area contributed by atoms with Gasteiger partial charge in [-0.2, -0.15) is 4.98 Å². The predicted octanol–water partition coefficient (Wildman–Crippen LogP) is 2.03. The Morgan fingerprint density at radius 2 is 2.24 bits per heavy atom. The Balaban J connectivity index is 2.18. The molecule has 2 heterocycles. The highest BCUT2D eigenvalue weighted by Crippen LogP contribution is 2.23. The Kier molecular flexibility index (Phi) is 3.75. The van der Waals surface area contributed by atoms with Crippen LogP contribution in [-0.2, 0) is 0 Å². The number of thiophene rings is 1. The molecule has 0 radical (unpaired) electrons. The van der Waals surface area contributed by atoms with Crippen LogP contribution in [-0.4, -0.2) is 23.2 Å². The number of hydrogen-bond donors (Lipinski definition) is 1. The highest BCUT2D eigenvalue weighted by atomic mass is 32.1. The second kappa shape index (κ2) is 5.29. The first kappa shape index (κ1) is 12.1. The average Bonchev–Trinajstić information content (AvgIpc) is 3.01. The van der Waals surface area contributed by atoms with Gasteiger partial charge in [0.25, 0.3) is 11.8 Å². The monoisotopic (exact) mass is 252 g/mol. The van der Waals surface area contributed by atoms with Crippen molar-refractivity contribution in [3.05, 3.63) is 28.3 Å². The molecule has 17 heavy (non-hydrogen) atoms. The highest BCUT2D eigenvalue weighted by Gasteiger charge is 2.19. The number of aromatic nitrogens is 2. The molecule has 0 saturated carbocycles. The molecule has 2 aromatic rings. The molecule has 92 valence electrons. The van der Waals surface area contributed by atoms with Gasteiger partial charge in [-0.25, -0.2) is 0 Å². The summed E-state index contributed by atoms with van der Waals surface area (Å²) in [7, 11) is 0. The van der Waals surface area contributed by atoms with Crippen LogP contribution in [0.15, 0.2) is 22.0 Å². The summed E-state index contributed by atoms with van der Waals surface area (Å²) < 4.78 is 5.21. The summed E-state index contributed by atoms with van der Waals surface area (Å²) in [5.41, 5.74) is 6.05. The lowest BCUT2D eigenvalue weighted by atomic mass is 10.2. The van der Waals surface area contributed by atoms with Gasteiger partial charge >= 0.3 is 0 Å². The molecule has 0 fully saturated rings. The lowest BCUT2D eigenvalue weighted by Crippen LogP contribution is -2.23. The Morgan fingerprint density at radius 3 is 2.82 bits per heavy atom. The van der Waals surface area contributed by atoms with Crippen molar-refractivity contribution in [2.45, 2.75) is 19.9 Å². The molecule has 0 saturated heterocycles. The average molecular weight is 252 g/mol. The number of anilines is 1. The molecule has 0 bridgehead atoms. The van der Waals surface area contributed by atoms with Crippen LogP contribution in [0.4, 0.5) is 5.95 Å². The number of nitrogens with two attached hydrogens (primary N) is 1. The first-order valence-electron chi connectivity index (χ1n) is 5.63. The zero-order valence-electron chi connectivity index (χ0n) is 9.96. The van der Waals surface area contributed by atoms with E-state index in [4.69, 9.17) is 10.3 Å². The summed E-state index contributed by atoms with van der Waals surface area (Å²) in [5.74, 6) is 1.08. The van der Waals surface area contributed by atoms with Crippen LogP contribution in [0, 0.1) is 0 Å². The molecule has 2 aromatic heterocycles. The summed E-state index contributed by atoms with van der Waals surface area (Å²) in [6.07, 6.45) is 0. The summed E-state index contributed by atoms with van der Waals surface area (Å²) in [6.45, 7) is 5.81. The first-order chi connectivity index (χ1) is 8.26. The minimum absolute atomic E-state index is 0.327. The fourth-order valence-electron chi connectivity index (χ4n) is 1.58. The maximum absolute atomic E-state index is 6.05. The summed E-state index contributed by atoms with van der Waals surface area (Å²) >= 11 is 1.59. The van der Waals surface area contributed by atoms with Crippen LogP contribution in [0.2, 0.25) is 0 Å². The molecular formula is C11H16N4OS. The molecule has 1 unspecified atom stereocenters. The Morgan fingerprint density at radius 1 is 1.47 bits per heavy atom. The molecule has 2 N–H and O–H groups in total. The van der Waals surface area contributed by atoms with Gasteiger partial charge in [-0.3, -0.25) is 0 Å². The van der Waals surface area contributed by atoms with Crippen molar-refractivity contribution in [3.8, 4) is 0 Å². The standard InChI is InChI=1S/C11H16N4OS/c1-3-15(4-2)11-13-10(16-14-11)9(12)8-6-5-7-17-8/h5-7,9H,3-4,12H2,1-2H3. The van der Waals surface area contributed by atoms with E-state index < -0.39 is 0 Å². The van der Waals surface area contributed by atoms with Crippen LogP contribution in [0.25, 0.3) is 0 Å². The van der Waals surface area contributed by atoms with E-state index >= 15 is 0 Å². The fourth-order valence-corrected chi connectivity index (χ4v) is 2.30. The number of hydrogen-bond acceptors (Lipinski definition) is 6. The third kappa shape index (κ3) is 2.48. The smallest absolute Gasteiger partial charge is 0.266 e. The van der Waals surface area contributed by atoms with E-state index in [1.807, 2.05) is 22.4 Å². The molecular weight excluding hydrogens is 236 g/mol. The van der Waals surface area contributed by atoms with Crippen molar-refractivity contribution in [2.24, 2.45) is 5.73 Å². The lowest BCUT2D eigenvalue weighted by molar-refractivity contribution is 0.367. The Labute approximate surface area is 104 Å². The van der Waals surface area contributed by atoms with Gasteiger partial charge < -0.3 is 15.2 Å². The van der Waals surface area contributed by atoms with Gasteiger partial charge in [-0.1, -0.05) is 6.07 Å². The lowest BCUT2D eigenvalue weighted by Gasteiger charge is -2.14. The minimum Gasteiger partial charge on any atom is -0.339 e. The van der Waals surface area contributed by atoms with Crippen molar-refractivity contribution in [1.82, 2.24) is 10.1 Å². The van der Waals surface area contributed by atoms with Crippen molar-refractivity contribution in [2.75, 3.05) is 18.0 Å². The van der Waals surface area contributed by atoms with Gasteiger partial charge in [0.2, 0.25) is 0 Å². The van der Waals surface area contributed by atoms with E-state index in [1.54, 1.807) is 11.3 Å². The van der Waals surface area contributed by atoms with Crippen molar-refractivity contribution in [3.63, 3.8) is 0 Å². The predicted molar refractivity (Wildman–Crippen MR) is 68.2 cm³/mol. The van der Waals surface area contributed by atoms with E-state index in [0.717, 1.165) is 18.0 Å². The summed E-state index contributed by atoms with van der Waals surface area (Å²) in [6, 6.07) is 3.60. The van der Waals surface area contributed by atoms with E-state index in [2.05, 4.69) is 24.0 Å². The van der Waals surface area contributed by atoms with E-state index in [0.29, 0.717) is 11.8 Å². The van der Waals surface area contributed by atoms with Crippen LogP contribution < -0.4 is 10.6 Å². The molecule has 0 aliphatic carbocycles. The van der Waals surface area contributed by atoms with E-state index in [9.17, 15) is 0 Å².